The van der Waals surface area contributed by atoms with Gasteiger partial charge in [0.1, 0.15) is 21.4 Å². The van der Waals surface area contributed by atoms with E-state index in [1.54, 1.807) is 6.33 Å². The van der Waals surface area contributed by atoms with E-state index in [0.717, 1.165) is 21.4 Å². The van der Waals surface area contributed by atoms with Crippen molar-refractivity contribution < 1.29 is 4.79 Å². The Bertz CT molecular complexity index is 889. The van der Waals surface area contributed by atoms with Crippen molar-refractivity contribution in [1.82, 2.24) is 19.5 Å². The molecule has 2 N–H and O–H groups in total. The Balaban J connectivity index is 2.03. The molecule has 0 saturated heterocycles. The average Bonchev–Trinajstić information content (AvgIpc) is 2.98. The van der Waals surface area contributed by atoms with Crippen molar-refractivity contribution in [3.05, 3.63) is 6.33 Å². The summed E-state index contributed by atoms with van der Waals surface area (Å²) in [5, 5.41) is 6.51. The van der Waals surface area contributed by atoms with Gasteiger partial charge in [0, 0.05) is 20.5 Å². The molecule has 1 amide bonds. The summed E-state index contributed by atoms with van der Waals surface area (Å²) in [6.45, 7) is 6.10. The minimum absolute atomic E-state index is 0.0355. The summed E-state index contributed by atoms with van der Waals surface area (Å²) in [4.78, 5) is 26.4. The SMILES string of the molecule is CNc1nc2sc(NC(=O)CC(C)(C)C)nc2c2c1ncn2C. The minimum Gasteiger partial charge on any atom is -0.371 e. The number of anilines is 2. The van der Waals surface area contributed by atoms with Crippen LogP contribution in [0.1, 0.15) is 27.2 Å². The number of carbonyl (C=O) groups excluding carboxylic acids is 1. The van der Waals surface area contributed by atoms with Gasteiger partial charge in [0.05, 0.1) is 6.33 Å². The van der Waals surface area contributed by atoms with Crippen molar-refractivity contribution in [3.8, 4) is 0 Å². The van der Waals surface area contributed by atoms with E-state index < -0.39 is 0 Å². The number of rotatable bonds is 3. The van der Waals surface area contributed by atoms with Gasteiger partial charge in [-0.15, -0.1) is 0 Å². The number of fused-ring (bicyclic) bond motifs is 3. The smallest absolute Gasteiger partial charge is 0.226 e. The van der Waals surface area contributed by atoms with Gasteiger partial charge in [-0.2, -0.15) is 0 Å². The molecule has 0 aliphatic heterocycles. The molecule has 0 unspecified atom stereocenters. The van der Waals surface area contributed by atoms with Crippen LogP contribution in [0, 0.1) is 5.41 Å². The van der Waals surface area contributed by atoms with Gasteiger partial charge in [0.2, 0.25) is 5.91 Å². The first kappa shape index (κ1) is 15.7. The number of carbonyl (C=O) groups is 1. The summed E-state index contributed by atoms with van der Waals surface area (Å²) in [5.41, 5.74) is 2.38. The molecule has 3 heterocycles. The van der Waals surface area contributed by atoms with Gasteiger partial charge >= 0.3 is 0 Å². The van der Waals surface area contributed by atoms with Crippen LogP contribution < -0.4 is 10.6 Å². The summed E-state index contributed by atoms with van der Waals surface area (Å²) < 4.78 is 1.92. The third-order valence-electron chi connectivity index (χ3n) is 3.38. The van der Waals surface area contributed by atoms with Crippen molar-refractivity contribution >= 4 is 49.6 Å². The monoisotopic (exact) mass is 332 g/mol. The van der Waals surface area contributed by atoms with Gasteiger partial charge in [-0.25, -0.2) is 15.0 Å². The second-order valence-electron chi connectivity index (χ2n) is 6.72. The summed E-state index contributed by atoms with van der Waals surface area (Å²) in [6.07, 6.45) is 2.18. The summed E-state index contributed by atoms with van der Waals surface area (Å²) in [5.74, 6) is 0.677. The largest absolute Gasteiger partial charge is 0.371 e. The highest BCUT2D eigenvalue weighted by molar-refractivity contribution is 7.22. The van der Waals surface area contributed by atoms with Crippen molar-refractivity contribution in [3.63, 3.8) is 0 Å². The van der Waals surface area contributed by atoms with Crippen LogP contribution in [0.2, 0.25) is 0 Å². The van der Waals surface area contributed by atoms with Crippen molar-refractivity contribution in [2.75, 3.05) is 17.7 Å². The molecule has 0 aliphatic rings. The van der Waals surface area contributed by atoms with E-state index in [1.165, 1.54) is 11.3 Å². The lowest BCUT2D eigenvalue weighted by Crippen LogP contribution is -2.19. The van der Waals surface area contributed by atoms with E-state index in [4.69, 9.17) is 0 Å². The number of nitrogens with zero attached hydrogens (tertiary/aromatic N) is 4. The first-order valence-corrected chi connectivity index (χ1v) is 8.19. The fourth-order valence-corrected chi connectivity index (χ4v) is 3.31. The summed E-state index contributed by atoms with van der Waals surface area (Å²) in [7, 11) is 3.74. The quantitative estimate of drug-likeness (QED) is 0.770. The van der Waals surface area contributed by atoms with Gasteiger partial charge in [-0.3, -0.25) is 4.79 Å². The Kier molecular flexibility index (Phi) is 3.71. The topological polar surface area (TPSA) is 84.7 Å². The zero-order valence-electron chi connectivity index (χ0n) is 13.9. The molecule has 0 fully saturated rings. The maximum absolute atomic E-state index is 12.1. The normalized spacial score (nSPS) is 12.0. The average molecular weight is 332 g/mol. The predicted molar refractivity (Wildman–Crippen MR) is 93.9 cm³/mol. The molecule has 0 saturated carbocycles. The Hall–Kier alpha value is -2.22. The molecule has 0 aliphatic carbocycles. The molecule has 0 aromatic carbocycles. The number of aromatic nitrogens is 4. The van der Waals surface area contributed by atoms with Crippen molar-refractivity contribution in [1.29, 1.82) is 0 Å². The van der Waals surface area contributed by atoms with Crippen LogP contribution in [0.25, 0.3) is 21.4 Å². The Labute approximate surface area is 138 Å². The van der Waals surface area contributed by atoms with Gasteiger partial charge in [-0.1, -0.05) is 32.1 Å². The van der Waals surface area contributed by atoms with Crippen LogP contribution in [-0.2, 0) is 11.8 Å². The van der Waals surface area contributed by atoms with Gasteiger partial charge < -0.3 is 15.2 Å². The third kappa shape index (κ3) is 2.98. The molecule has 0 bridgehead atoms. The molecule has 23 heavy (non-hydrogen) atoms. The second kappa shape index (κ2) is 5.45. The van der Waals surface area contributed by atoms with E-state index in [2.05, 4.69) is 25.6 Å². The first-order valence-electron chi connectivity index (χ1n) is 7.37. The predicted octanol–water partition coefficient (Wildman–Crippen LogP) is 2.99. The van der Waals surface area contributed by atoms with Crippen molar-refractivity contribution in [2.24, 2.45) is 12.5 Å². The highest BCUT2D eigenvalue weighted by atomic mass is 32.1. The molecule has 3 aromatic heterocycles. The van der Waals surface area contributed by atoms with E-state index in [1.807, 2.05) is 39.4 Å². The molecule has 0 radical (unpaired) electrons. The number of imidazole rings is 1. The molecule has 0 atom stereocenters. The number of pyridine rings is 1. The van der Waals surface area contributed by atoms with Crippen LogP contribution >= 0.6 is 11.3 Å². The maximum Gasteiger partial charge on any atom is 0.226 e. The Morgan fingerprint density at radius 1 is 1.30 bits per heavy atom. The minimum atomic E-state index is -0.0619. The molecule has 7 nitrogen and oxygen atoms in total. The number of amides is 1. The lowest BCUT2D eigenvalue weighted by Gasteiger charge is -2.16. The molecular formula is C15H20N6OS. The number of hydrogen-bond donors (Lipinski definition) is 2. The Morgan fingerprint density at radius 3 is 2.70 bits per heavy atom. The molecule has 0 spiro atoms. The maximum atomic E-state index is 12.1. The fraction of sp³-hybridized carbons (Fsp3) is 0.467. The van der Waals surface area contributed by atoms with E-state index in [0.29, 0.717) is 17.4 Å². The number of hydrogen-bond acceptors (Lipinski definition) is 6. The summed E-state index contributed by atoms with van der Waals surface area (Å²) in [6, 6.07) is 0. The number of nitrogens with one attached hydrogen (secondary N) is 2. The summed E-state index contributed by atoms with van der Waals surface area (Å²) >= 11 is 1.37. The van der Waals surface area contributed by atoms with Gasteiger partial charge in [0.25, 0.3) is 0 Å². The number of aryl methyl sites for hydroxylation is 1. The molecule has 122 valence electrons. The lowest BCUT2D eigenvalue weighted by molar-refractivity contribution is -0.117. The third-order valence-corrected chi connectivity index (χ3v) is 4.25. The number of thiazole rings is 1. The molecular weight excluding hydrogens is 312 g/mol. The highest BCUT2D eigenvalue weighted by Crippen LogP contribution is 2.33. The van der Waals surface area contributed by atoms with E-state index in [9.17, 15) is 4.79 Å². The van der Waals surface area contributed by atoms with Crippen LogP contribution in [0.4, 0.5) is 10.9 Å². The molecule has 3 rings (SSSR count). The van der Waals surface area contributed by atoms with Gasteiger partial charge in [-0.05, 0) is 5.41 Å². The second-order valence-corrected chi connectivity index (χ2v) is 7.70. The van der Waals surface area contributed by atoms with Crippen LogP contribution in [0.3, 0.4) is 0 Å². The van der Waals surface area contributed by atoms with E-state index >= 15 is 0 Å². The highest BCUT2D eigenvalue weighted by Gasteiger charge is 2.19. The van der Waals surface area contributed by atoms with Gasteiger partial charge in [0.15, 0.2) is 10.9 Å². The lowest BCUT2D eigenvalue weighted by atomic mass is 9.92. The molecule has 3 aromatic rings. The van der Waals surface area contributed by atoms with E-state index in [-0.39, 0.29) is 11.3 Å². The van der Waals surface area contributed by atoms with Crippen LogP contribution in [0.15, 0.2) is 6.33 Å². The fourth-order valence-electron chi connectivity index (χ4n) is 2.45. The van der Waals surface area contributed by atoms with Crippen LogP contribution in [-0.4, -0.2) is 32.5 Å². The van der Waals surface area contributed by atoms with Crippen molar-refractivity contribution in [2.45, 2.75) is 27.2 Å². The standard InChI is InChI=1S/C15H20N6OS/c1-15(2,3)6-8(22)18-14-19-10-11-9(17-7-21(11)5)12(16-4)20-13(10)23-14/h7H,6H2,1-5H3,(H,16,20)(H,18,19,22). The van der Waals surface area contributed by atoms with Crippen LogP contribution in [0.5, 0.6) is 0 Å². The molecule has 8 heteroatoms. The zero-order chi connectivity index (χ0) is 16.8. The Morgan fingerprint density at radius 2 is 2.04 bits per heavy atom. The zero-order valence-corrected chi connectivity index (χ0v) is 14.7. The first-order chi connectivity index (χ1) is 10.8.